The van der Waals surface area contributed by atoms with Crippen LogP contribution in [-0.2, 0) is 12.8 Å². The van der Waals surface area contributed by atoms with Crippen molar-refractivity contribution in [3.8, 4) is 0 Å². The predicted octanol–water partition coefficient (Wildman–Crippen LogP) is 5.08. The first kappa shape index (κ1) is 10.5. The van der Waals surface area contributed by atoms with Crippen molar-refractivity contribution in [3.05, 3.63) is 46.5 Å². The van der Waals surface area contributed by atoms with Crippen LogP contribution in [0.2, 0.25) is 0 Å². The van der Waals surface area contributed by atoms with Gasteiger partial charge in [-0.3, -0.25) is 0 Å². The van der Waals surface area contributed by atoms with Gasteiger partial charge in [0, 0.05) is 0 Å². The molecule has 0 aromatic heterocycles. The van der Waals surface area contributed by atoms with Crippen molar-refractivity contribution in [3.63, 3.8) is 0 Å². The molecule has 5 rings (SSSR count). The molecule has 0 heteroatoms. The van der Waals surface area contributed by atoms with Gasteiger partial charge >= 0.3 is 0 Å². The molecule has 2 atom stereocenters. The summed E-state index contributed by atoms with van der Waals surface area (Å²) in [5, 5.41) is 3.20. The molecule has 2 unspecified atom stereocenters. The molecular formula is C19H20. The van der Waals surface area contributed by atoms with E-state index >= 15 is 0 Å². The van der Waals surface area contributed by atoms with Gasteiger partial charge in [0.15, 0.2) is 0 Å². The Hall–Kier alpha value is -1.30. The Bertz CT molecular complexity index is 625. The van der Waals surface area contributed by atoms with Crippen LogP contribution in [0.25, 0.3) is 10.8 Å². The molecule has 19 heavy (non-hydrogen) atoms. The molecule has 0 saturated carbocycles. The second-order valence-corrected chi connectivity index (χ2v) is 6.79. The van der Waals surface area contributed by atoms with Crippen LogP contribution >= 0.6 is 0 Å². The normalized spacial score (nSPS) is 27.6. The summed E-state index contributed by atoms with van der Waals surface area (Å²) < 4.78 is 0. The summed E-state index contributed by atoms with van der Waals surface area (Å²) in [6.07, 6.45) is 9.76. The quantitative estimate of drug-likeness (QED) is 0.609. The second-order valence-electron chi connectivity index (χ2n) is 6.79. The predicted molar refractivity (Wildman–Crippen MR) is 79.9 cm³/mol. The third kappa shape index (κ3) is 1.30. The Morgan fingerprint density at radius 2 is 1.32 bits per heavy atom. The number of hydrogen-bond donors (Lipinski definition) is 0. The van der Waals surface area contributed by atoms with Crippen molar-refractivity contribution in [1.82, 2.24) is 0 Å². The van der Waals surface area contributed by atoms with Crippen molar-refractivity contribution in [2.24, 2.45) is 0 Å². The highest BCUT2D eigenvalue weighted by Crippen LogP contribution is 2.52. The van der Waals surface area contributed by atoms with E-state index in [1.165, 1.54) is 50.3 Å². The maximum absolute atomic E-state index is 2.42. The molecule has 0 fully saturated rings. The van der Waals surface area contributed by atoms with E-state index in [1.54, 1.807) is 27.6 Å². The third-order valence-electron chi connectivity index (χ3n) is 5.83. The first-order valence-corrected chi connectivity index (χ1v) is 7.99. The van der Waals surface area contributed by atoms with Crippen LogP contribution in [-0.4, -0.2) is 0 Å². The minimum atomic E-state index is 0.873. The first-order valence-electron chi connectivity index (χ1n) is 7.99. The van der Waals surface area contributed by atoms with Gasteiger partial charge in [-0.25, -0.2) is 0 Å². The van der Waals surface area contributed by atoms with Crippen LogP contribution in [0.5, 0.6) is 0 Å². The van der Waals surface area contributed by atoms with Crippen molar-refractivity contribution < 1.29 is 0 Å². The summed E-state index contributed by atoms with van der Waals surface area (Å²) in [6.45, 7) is 0. The Balaban J connectivity index is 1.96. The van der Waals surface area contributed by atoms with Crippen LogP contribution in [0.3, 0.4) is 0 Å². The fraction of sp³-hybridized carbons (Fsp3) is 0.474. The van der Waals surface area contributed by atoms with Crippen LogP contribution in [0.4, 0.5) is 0 Å². The number of benzene rings is 2. The van der Waals surface area contributed by atoms with E-state index in [1.807, 2.05) is 0 Å². The topological polar surface area (TPSA) is 0 Å². The average Bonchev–Trinajstić information content (AvgIpc) is 2.47. The molecule has 2 aromatic carbocycles. The molecular weight excluding hydrogens is 228 g/mol. The lowest BCUT2D eigenvalue weighted by molar-refractivity contribution is 0.426. The van der Waals surface area contributed by atoms with Gasteiger partial charge in [-0.15, -0.1) is 0 Å². The molecule has 0 bridgehead atoms. The molecule has 3 aliphatic carbocycles. The highest BCUT2D eigenvalue weighted by molar-refractivity contribution is 5.93. The molecule has 3 aliphatic rings. The Morgan fingerprint density at radius 3 is 1.89 bits per heavy atom. The van der Waals surface area contributed by atoms with E-state index in [2.05, 4.69) is 24.3 Å². The van der Waals surface area contributed by atoms with Gasteiger partial charge in [-0.2, -0.15) is 0 Å². The minimum Gasteiger partial charge on any atom is -0.0581 e. The molecule has 2 aromatic rings. The minimum absolute atomic E-state index is 0.873. The molecule has 96 valence electrons. The number of aryl methyl sites for hydroxylation is 2. The fourth-order valence-electron chi connectivity index (χ4n) is 5.11. The fourth-order valence-corrected chi connectivity index (χ4v) is 5.11. The Labute approximate surface area is 114 Å². The van der Waals surface area contributed by atoms with E-state index in [0.717, 1.165) is 11.8 Å². The molecule has 0 saturated heterocycles. The van der Waals surface area contributed by atoms with Crippen molar-refractivity contribution >= 4 is 10.8 Å². The Kier molecular flexibility index (Phi) is 2.00. The maximum Gasteiger partial charge on any atom is -0.0109 e. The monoisotopic (exact) mass is 248 g/mol. The lowest BCUT2D eigenvalue weighted by Crippen LogP contribution is -2.22. The van der Waals surface area contributed by atoms with E-state index in [-0.39, 0.29) is 0 Å². The van der Waals surface area contributed by atoms with Gasteiger partial charge < -0.3 is 0 Å². The summed E-state index contributed by atoms with van der Waals surface area (Å²) in [4.78, 5) is 0. The zero-order valence-corrected chi connectivity index (χ0v) is 11.4. The molecule has 0 radical (unpaired) electrons. The van der Waals surface area contributed by atoms with E-state index in [4.69, 9.17) is 0 Å². The van der Waals surface area contributed by atoms with Gasteiger partial charge in [0.25, 0.3) is 0 Å². The molecule has 0 aliphatic heterocycles. The lowest BCUT2D eigenvalue weighted by Gasteiger charge is -2.39. The molecule has 0 nitrogen and oxygen atoms in total. The SMILES string of the molecule is c1cc2ccc3c4c2c2c1CCCC2CC4CCC3. The van der Waals surface area contributed by atoms with Gasteiger partial charge in [0.1, 0.15) is 0 Å². The molecule has 0 spiro atoms. The smallest absolute Gasteiger partial charge is 0.0109 e. The summed E-state index contributed by atoms with van der Waals surface area (Å²) in [6, 6.07) is 9.60. The maximum atomic E-state index is 2.42. The van der Waals surface area contributed by atoms with Crippen molar-refractivity contribution in [1.29, 1.82) is 0 Å². The van der Waals surface area contributed by atoms with Crippen molar-refractivity contribution in [2.45, 2.75) is 56.8 Å². The summed E-state index contributed by atoms with van der Waals surface area (Å²) in [5.41, 5.74) is 6.86. The number of hydrogen-bond acceptors (Lipinski definition) is 0. The summed E-state index contributed by atoms with van der Waals surface area (Å²) >= 11 is 0. The highest BCUT2D eigenvalue weighted by Gasteiger charge is 2.34. The van der Waals surface area contributed by atoms with Gasteiger partial charge in [-0.05, 0) is 89.8 Å². The summed E-state index contributed by atoms with van der Waals surface area (Å²) in [7, 11) is 0. The second kappa shape index (κ2) is 3.62. The van der Waals surface area contributed by atoms with Crippen molar-refractivity contribution in [2.75, 3.05) is 0 Å². The lowest BCUT2D eigenvalue weighted by atomic mass is 9.65. The van der Waals surface area contributed by atoms with Crippen LogP contribution in [0.1, 0.15) is 66.2 Å². The molecule has 0 N–H and O–H groups in total. The third-order valence-corrected chi connectivity index (χ3v) is 5.83. The van der Waals surface area contributed by atoms with Crippen LogP contribution < -0.4 is 0 Å². The number of rotatable bonds is 0. The molecule has 0 heterocycles. The van der Waals surface area contributed by atoms with E-state index in [9.17, 15) is 0 Å². The van der Waals surface area contributed by atoms with Crippen LogP contribution in [0.15, 0.2) is 24.3 Å². The van der Waals surface area contributed by atoms with Gasteiger partial charge in [0.2, 0.25) is 0 Å². The first-order chi connectivity index (χ1) is 9.42. The van der Waals surface area contributed by atoms with Gasteiger partial charge in [-0.1, -0.05) is 24.3 Å². The zero-order valence-electron chi connectivity index (χ0n) is 11.4. The van der Waals surface area contributed by atoms with Gasteiger partial charge in [0.05, 0.1) is 0 Å². The largest absolute Gasteiger partial charge is 0.0581 e. The average molecular weight is 248 g/mol. The summed E-state index contributed by atoms with van der Waals surface area (Å²) in [5.74, 6) is 1.75. The van der Waals surface area contributed by atoms with Crippen LogP contribution in [0, 0.1) is 0 Å². The zero-order chi connectivity index (χ0) is 12.4. The van der Waals surface area contributed by atoms with E-state index in [0.29, 0.717) is 0 Å². The Morgan fingerprint density at radius 1 is 0.737 bits per heavy atom. The molecule has 0 amide bonds. The van der Waals surface area contributed by atoms with E-state index < -0.39 is 0 Å². The standard InChI is InChI=1S/C19H20/c1-3-12-7-9-14-10-8-13-4-2-6-16-11-15(5-1)17(12)19(14)18(13)16/h7-10,15-16H,1-6,11H2. The highest BCUT2D eigenvalue weighted by atomic mass is 14.4.